The number of carbonyl (C=O) groups is 1. The molecule has 3 rings (SSSR count). The van der Waals surface area contributed by atoms with Crippen LogP contribution >= 0.6 is 11.3 Å². The molecule has 9 heteroatoms. The van der Waals surface area contributed by atoms with Gasteiger partial charge < -0.3 is 15.3 Å². The number of carboxylic acids is 1. The first kappa shape index (κ1) is 25.2. The molecule has 0 saturated heterocycles. The molecule has 1 heterocycles. The van der Waals surface area contributed by atoms with Crippen molar-refractivity contribution in [3.05, 3.63) is 56.8 Å². The predicted octanol–water partition coefficient (Wildman–Crippen LogP) is 6.32. The molecule has 5 nitrogen and oxygen atoms in total. The maximum absolute atomic E-state index is 13.7. The number of aliphatic carboxylic acids is 1. The van der Waals surface area contributed by atoms with Crippen LogP contribution in [0.5, 0.6) is 0 Å². The highest BCUT2D eigenvalue weighted by atomic mass is 32.1. The van der Waals surface area contributed by atoms with Gasteiger partial charge in [0.1, 0.15) is 6.61 Å². The van der Waals surface area contributed by atoms with Crippen molar-refractivity contribution in [1.82, 2.24) is 5.32 Å². The van der Waals surface area contributed by atoms with Crippen molar-refractivity contribution >= 4 is 23.0 Å². The molecule has 0 amide bonds. The lowest BCUT2D eigenvalue weighted by atomic mass is 9.81. The van der Waals surface area contributed by atoms with Gasteiger partial charge in [0.25, 0.3) is 0 Å². The SMILES string of the molecule is CC(=NOCc1ccc(C2CCCCC2)c(C(F)(F)F)c1)c1ccc(CNCCC(=O)O)s1. The summed E-state index contributed by atoms with van der Waals surface area (Å²) in [6.45, 7) is 2.68. The maximum Gasteiger partial charge on any atom is 0.416 e. The van der Waals surface area contributed by atoms with Crippen LogP contribution < -0.4 is 5.32 Å². The Morgan fingerprint density at radius 3 is 2.67 bits per heavy atom. The molecule has 1 aromatic carbocycles. The van der Waals surface area contributed by atoms with Crippen LogP contribution in [0.2, 0.25) is 0 Å². The Bertz CT molecular complexity index is 966. The summed E-state index contributed by atoms with van der Waals surface area (Å²) in [6, 6.07) is 8.32. The number of rotatable bonds is 10. The largest absolute Gasteiger partial charge is 0.481 e. The van der Waals surface area contributed by atoms with Crippen molar-refractivity contribution < 1.29 is 27.9 Å². The molecular weight excluding hydrogens is 453 g/mol. The molecule has 33 heavy (non-hydrogen) atoms. The van der Waals surface area contributed by atoms with Crippen LogP contribution in [0.15, 0.2) is 35.5 Å². The third-order valence-electron chi connectivity index (χ3n) is 5.73. The molecular formula is C24H29F3N2O3S. The third kappa shape index (κ3) is 7.57. The lowest BCUT2D eigenvalue weighted by molar-refractivity contribution is -0.139. The van der Waals surface area contributed by atoms with Gasteiger partial charge in [-0.3, -0.25) is 4.79 Å². The van der Waals surface area contributed by atoms with Crippen molar-refractivity contribution in [2.45, 2.75) is 70.7 Å². The molecule has 1 aliphatic carbocycles. The van der Waals surface area contributed by atoms with Gasteiger partial charge in [-0.2, -0.15) is 13.2 Å². The first-order valence-electron chi connectivity index (χ1n) is 11.1. The molecule has 180 valence electrons. The summed E-state index contributed by atoms with van der Waals surface area (Å²) in [5, 5.41) is 15.8. The van der Waals surface area contributed by atoms with E-state index in [-0.39, 0.29) is 18.9 Å². The zero-order valence-electron chi connectivity index (χ0n) is 18.6. The molecule has 0 unspecified atom stereocenters. The molecule has 2 aromatic rings. The average Bonchev–Trinajstić information content (AvgIpc) is 3.26. The van der Waals surface area contributed by atoms with Gasteiger partial charge >= 0.3 is 12.1 Å². The Hall–Kier alpha value is -2.39. The number of hydrogen-bond donors (Lipinski definition) is 2. The second-order valence-electron chi connectivity index (χ2n) is 8.29. The second kappa shape index (κ2) is 11.7. The average molecular weight is 483 g/mol. The van der Waals surface area contributed by atoms with Crippen LogP contribution in [0.3, 0.4) is 0 Å². The van der Waals surface area contributed by atoms with Crippen LogP contribution in [0.25, 0.3) is 0 Å². The van der Waals surface area contributed by atoms with E-state index in [2.05, 4.69) is 10.5 Å². The predicted molar refractivity (Wildman–Crippen MR) is 123 cm³/mol. The van der Waals surface area contributed by atoms with Gasteiger partial charge in [-0.15, -0.1) is 11.3 Å². The van der Waals surface area contributed by atoms with E-state index in [4.69, 9.17) is 9.94 Å². The molecule has 1 aromatic heterocycles. The molecule has 0 spiro atoms. The van der Waals surface area contributed by atoms with Gasteiger partial charge in [0.2, 0.25) is 0 Å². The minimum Gasteiger partial charge on any atom is -0.481 e. The second-order valence-corrected chi connectivity index (χ2v) is 9.46. The Morgan fingerprint density at radius 1 is 1.21 bits per heavy atom. The number of nitrogens with zero attached hydrogens (tertiary/aromatic N) is 1. The fraction of sp³-hybridized carbons (Fsp3) is 0.500. The minimum atomic E-state index is -4.39. The summed E-state index contributed by atoms with van der Waals surface area (Å²) >= 11 is 1.50. The molecule has 1 aliphatic rings. The van der Waals surface area contributed by atoms with Crippen molar-refractivity contribution in [2.24, 2.45) is 5.16 Å². The molecule has 1 fully saturated rings. The van der Waals surface area contributed by atoms with E-state index in [1.54, 1.807) is 19.1 Å². The Morgan fingerprint density at radius 2 is 1.97 bits per heavy atom. The minimum absolute atomic E-state index is 0.0303. The van der Waals surface area contributed by atoms with E-state index in [0.717, 1.165) is 41.9 Å². The maximum atomic E-state index is 13.7. The highest BCUT2D eigenvalue weighted by Crippen LogP contribution is 2.41. The Kier molecular flexibility index (Phi) is 8.91. The summed E-state index contributed by atoms with van der Waals surface area (Å²) in [6.07, 6.45) is 0.320. The van der Waals surface area contributed by atoms with E-state index < -0.39 is 17.7 Å². The zero-order chi connectivity index (χ0) is 23.8. The van der Waals surface area contributed by atoms with E-state index in [0.29, 0.717) is 29.9 Å². The van der Waals surface area contributed by atoms with Gasteiger partial charge in [0, 0.05) is 18.0 Å². The number of alkyl halides is 3. The van der Waals surface area contributed by atoms with Crippen LogP contribution in [-0.4, -0.2) is 23.3 Å². The molecule has 2 N–H and O–H groups in total. The zero-order valence-corrected chi connectivity index (χ0v) is 19.4. The number of thiophene rings is 1. The molecule has 0 bridgehead atoms. The quantitative estimate of drug-likeness (QED) is 0.236. The van der Waals surface area contributed by atoms with E-state index in [1.165, 1.54) is 17.4 Å². The number of nitrogens with one attached hydrogen (secondary N) is 1. The molecule has 1 saturated carbocycles. The highest BCUT2D eigenvalue weighted by Gasteiger charge is 2.35. The Labute approximate surface area is 195 Å². The number of carboxylic acid groups (broad SMARTS) is 1. The third-order valence-corrected chi connectivity index (χ3v) is 6.93. The van der Waals surface area contributed by atoms with Gasteiger partial charge in [-0.1, -0.05) is 36.6 Å². The first-order valence-corrected chi connectivity index (χ1v) is 11.9. The smallest absolute Gasteiger partial charge is 0.416 e. The normalized spacial score (nSPS) is 15.6. The first-order chi connectivity index (χ1) is 15.7. The van der Waals surface area contributed by atoms with Crippen LogP contribution in [-0.2, 0) is 29.0 Å². The fourth-order valence-electron chi connectivity index (χ4n) is 4.03. The summed E-state index contributed by atoms with van der Waals surface area (Å²) in [4.78, 5) is 17.8. The summed E-state index contributed by atoms with van der Waals surface area (Å²) in [5.74, 6) is -0.877. The van der Waals surface area contributed by atoms with E-state index in [9.17, 15) is 18.0 Å². The van der Waals surface area contributed by atoms with Gasteiger partial charge in [0.15, 0.2) is 0 Å². The van der Waals surface area contributed by atoms with Gasteiger partial charge in [-0.05, 0) is 55.0 Å². The lowest BCUT2D eigenvalue weighted by Gasteiger charge is -2.25. The molecule has 0 atom stereocenters. The van der Waals surface area contributed by atoms with Gasteiger partial charge in [0.05, 0.1) is 22.6 Å². The Balaban J connectivity index is 1.59. The van der Waals surface area contributed by atoms with Gasteiger partial charge in [-0.25, -0.2) is 0 Å². The van der Waals surface area contributed by atoms with E-state index >= 15 is 0 Å². The fourth-order valence-corrected chi connectivity index (χ4v) is 4.95. The summed E-state index contributed by atoms with van der Waals surface area (Å²) in [7, 11) is 0. The highest BCUT2D eigenvalue weighted by molar-refractivity contribution is 7.14. The van der Waals surface area contributed by atoms with Crippen molar-refractivity contribution in [1.29, 1.82) is 0 Å². The summed E-state index contributed by atoms with van der Waals surface area (Å²) < 4.78 is 41.1. The van der Waals surface area contributed by atoms with Crippen molar-refractivity contribution in [2.75, 3.05) is 6.54 Å². The van der Waals surface area contributed by atoms with Crippen LogP contribution in [0.1, 0.15) is 77.8 Å². The van der Waals surface area contributed by atoms with Crippen molar-refractivity contribution in [3.63, 3.8) is 0 Å². The topological polar surface area (TPSA) is 70.9 Å². The molecule has 0 aliphatic heterocycles. The number of hydrogen-bond acceptors (Lipinski definition) is 5. The van der Waals surface area contributed by atoms with E-state index in [1.807, 2.05) is 12.1 Å². The van der Waals surface area contributed by atoms with Crippen molar-refractivity contribution in [3.8, 4) is 0 Å². The number of halogens is 3. The molecule has 0 radical (unpaired) electrons. The monoisotopic (exact) mass is 482 g/mol. The standard InChI is InChI=1S/C24H29F3N2O3S/c1-16(22-10-8-19(33-22)14-28-12-11-23(30)31)29-32-15-17-7-9-20(18-5-3-2-4-6-18)21(13-17)24(25,26)27/h7-10,13,18,28H,2-6,11-12,14-15H2,1H3,(H,30,31). The number of oxime groups is 1. The van der Waals surface area contributed by atoms with Crippen LogP contribution in [0, 0.1) is 0 Å². The lowest BCUT2D eigenvalue weighted by Crippen LogP contribution is -2.16. The van der Waals surface area contributed by atoms with Crippen LogP contribution in [0.4, 0.5) is 13.2 Å². The summed E-state index contributed by atoms with van der Waals surface area (Å²) in [5.41, 5.74) is 0.905. The number of benzene rings is 1.